The molecule has 24 heavy (non-hydrogen) atoms. The Morgan fingerprint density at radius 2 is 1.67 bits per heavy atom. The van der Waals surface area contributed by atoms with Gasteiger partial charge in [0.05, 0.1) is 23.4 Å². The molecule has 3 rings (SSSR count). The standard InChI is InChI=1S/C16H16N2O5S/c1-11-6-7-12(23-11)10-17-24(21,22)9-8-18-15(19)13-4-2-3-5-14(13)16(18)20/h2-7,17H,8-10H2,1H3. The Balaban J connectivity index is 1.61. The number of nitrogens with one attached hydrogen (secondary N) is 1. The maximum atomic E-state index is 12.2. The van der Waals surface area contributed by atoms with E-state index in [-0.39, 0.29) is 18.8 Å². The largest absolute Gasteiger partial charge is 0.465 e. The van der Waals surface area contributed by atoms with Crippen molar-refractivity contribution in [2.45, 2.75) is 13.5 Å². The van der Waals surface area contributed by atoms with Gasteiger partial charge in [-0.2, -0.15) is 0 Å². The van der Waals surface area contributed by atoms with E-state index in [9.17, 15) is 18.0 Å². The van der Waals surface area contributed by atoms with E-state index in [0.29, 0.717) is 22.6 Å². The van der Waals surface area contributed by atoms with Crippen LogP contribution in [0.3, 0.4) is 0 Å². The molecular formula is C16H16N2O5S. The van der Waals surface area contributed by atoms with E-state index in [2.05, 4.69) is 4.72 Å². The Kier molecular flexibility index (Phi) is 4.25. The van der Waals surface area contributed by atoms with Gasteiger partial charge in [0.15, 0.2) is 0 Å². The molecule has 1 aliphatic rings. The monoisotopic (exact) mass is 348 g/mol. The summed E-state index contributed by atoms with van der Waals surface area (Å²) in [7, 11) is -3.65. The molecule has 0 spiro atoms. The topological polar surface area (TPSA) is 96.7 Å². The highest BCUT2D eigenvalue weighted by atomic mass is 32.2. The molecule has 7 nitrogen and oxygen atoms in total. The summed E-state index contributed by atoms with van der Waals surface area (Å²) in [5, 5.41) is 0. The van der Waals surface area contributed by atoms with Crippen molar-refractivity contribution in [1.29, 1.82) is 0 Å². The molecular weight excluding hydrogens is 332 g/mol. The first-order chi connectivity index (χ1) is 11.4. The van der Waals surface area contributed by atoms with Crippen LogP contribution in [0.2, 0.25) is 0 Å². The van der Waals surface area contributed by atoms with E-state index in [1.807, 2.05) is 0 Å². The highest BCUT2D eigenvalue weighted by molar-refractivity contribution is 7.89. The molecule has 0 saturated carbocycles. The second-order valence-corrected chi connectivity index (χ2v) is 7.39. The Bertz CT molecular complexity index is 866. The number of sulfonamides is 1. The molecule has 8 heteroatoms. The van der Waals surface area contributed by atoms with Crippen LogP contribution in [0.1, 0.15) is 32.2 Å². The van der Waals surface area contributed by atoms with Gasteiger partial charge in [0.25, 0.3) is 11.8 Å². The number of fused-ring (bicyclic) bond motifs is 1. The molecule has 1 aliphatic heterocycles. The minimum atomic E-state index is -3.65. The number of carbonyl (C=O) groups excluding carboxylic acids is 2. The summed E-state index contributed by atoms with van der Waals surface area (Å²) in [4.78, 5) is 25.3. The number of hydrogen-bond donors (Lipinski definition) is 1. The molecule has 126 valence electrons. The maximum Gasteiger partial charge on any atom is 0.261 e. The predicted molar refractivity (Wildman–Crippen MR) is 85.9 cm³/mol. The highest BCUT2D eigenvalue weighted by Crippen LogP contribution is 2.22. The third kappa shape index (κ3) is 3.24. The van der Waals surface area contributed by atoms with E-state index in [0.717, 1.165) is 4.90 Å². The van der Waals surface area contributed by atoms with E-state index >= 15 is 0 Å². The predicted octanol–water partition coefficient (Wildman–Crippen LogP) is 1.30. The van der Waals surface area contributed by atoms with Crippen LogP contribution in [-0.4, -0.2) is 37.4 Å². The Hall–Kier alpha value is -2.45. The van der Waals surface area contributed by atoms with Crippen LogP contribution < -0.4 is 4.72 Å². The molecule has 0 aliphatic carbocycles. The van der Waals surface area contributed by atoms with Crippen LogP contribution in [0.15, 0.2) is 40.8 Å². The second-order valence-electron chi connectivity index (χ2n) is 5.46. The smallest absolute Gasteiger partial charge is 0.261 e. The molecule has 0 bridgehead atoms. The summed E-state index contributed by atoms with van der Waals surface area (Å²) in [6.45, 7) is 1.59. The number of benzene rings is 1. The number of rotatable bonds is 6. The lowest BCUT2D eigenvalue weighted by atomic mass is 10.1. The Morgan fingerprint density at radius 3 is 2.21 bits per heavy atom. The summed E-state index contributed by atoms with van der Waals surface area (Å²) < 4.78 is 31.8. The molecule has 0 radical (unpaired) electrons. The van der Waals surface area contributed by atoms with Crippen molar-refractivity contribution in [3.8, 4) is 0 Å². The zero-order valence-electron chi connectivity index (χ0n) is 13.0. The van der Waals surface area contributed by atoms with Crippen LogP contribution >= 0.6 is 0 Å². The van der Waals surface area contributed by atoms with Crippen molar-refractivity contribution in [3.05, 3.63) is 59.0 Å². The SMILES string of the molecule is Cc1ccc(CNS(=O)(=O)CCN2C(=O)c3ccccc3C2=O)o1. The summed E-state index contributed by atoms with van der Waals surface area (Å²) >= 11 is 0. The normalized spacial score (nSPS) is 14.3. The molecule has 0 fully saturated rings. The third-order valence-corrected chi connectivity index (χ3v) is 5.03. The van der Waals surface area contributed by atoms with Crippen LogP contribution in [0.5, 0.6) is 0 Å². The summed E-state index contributed by atoms with van der Waals surface area (Å²) in [6.07, 6.45) is 0. The van der Waals surface area contributed by atoms with Gasteiger partial charge in [-0.25, -0.2) is 13.1 Å². The van der Waals surface area contributed by atoms with Crippen LogP contribution in [0.4, 0.5) is 0 Å². The lowest BCUT2D eigenvalue weighted by molar-refractivity contribution is 0.0664. The van der Waals surface area contributed by atoms with Crippen LogP contribution in [-0.2, 0) is 16.6 Å². The maximum absolute atomic E-state index is 12.2. The molecule has 2 heterocycles. The van der Waals surface area contributed by atoms with Gasteiger partial charge in [0.1, 0.15) is 11.5 Å². The van der Waals surface area contributed by atoms with Gasteiger partial charge in [-0.15, -0.1) is 0 Å². The zero-order chi connectivity index (χ0) is 17.3. The van der Waals surface area contributed by atoms with Gasteiger partial charge >= 0.3 is 0 Å². The number of nitrogens with zero attached hydrogens (tertiary/aromatic N) is 1. The van der Waals surface area contributed by atoms with Crippen molar-refractivity contribution in [1.82, 2.24) is 9.62 Å². The van der Waals surface area contributed by atoms with E-state index in [1.165, 1.54) is 0 Å². The average molecular weight is 348 g/mol. The molecule has 0 atom stereocenters. The fourth-order valence-corrected chi connectivity index (χ4v) is 3.42. The van der Waals surface area contributed by atoms with Crippen molar-refractivity contribution >= 4 is 21.8 Å². The summed E-state index contributed by atoms with van der Waals surface area (Å²) in [5.41, 5.74) is 0.609. The van der Waals surface area contributed by atoms with Crippen LogP contribution in [0, 0.1) is 6.92 Å². The number of imide groups is 1. The first kappa shape index (κ1) is 16.4. The van der Waals surface area contributed by atoms with Crippen molar-refractivity contribution < 1.29 is 22.4 Å². The Labute approximate surface area is 139 Å². The minimum Gasteiger partial charge on any atom is -0.465 e. The molecule has 2 aromatic rings. The molecule has 1 aromatic heterocycles. The first-order valence-corrected chi connectivity index (χ1v) is 9.00. The van der Waals surface area contributed by atoms with Gasteiger partial charge in [0.2, 0.25) is 10.0 Å². The highest BCUT2D eigenvalue weighted by Gasteiger charge is 2.35. The van der Waals surface area contributed by atoms with Gasteiger partial charge in [0, 0.05) is 6.54 Å². The quantitative estimate of drug-likeness (QED) is 0.794. The summed E-state index contributed by atoms with van der Waals surface area (Å²) in [6, 6.07) is 9.86. The van der Waals surface area contributed by atoms with Gasteiger partial charge in [-0.3, -0.25) is 14.5 Å². The fraction of sp³-hybridized carbons (Fsp3) is 0.250. The number of furan rings is 1. The fourth-order valence-electron chi connectivity index (χ4n) is 2.49. The Morgan fingerprint density at radius 1 is 1.04 bits per heavy atom. The molecule has 2 amide bonds. The van der Waals surface area contributed by atoms with Crippen molar-refractivity contribution in [2.24, 2.45) is 0 Å². The van der Waals surface area contributed by atoms with Gasteiger partial charge in [-0.1, -0.05) is 12.1 Å². The van der Waals surface area contributed by atoms with Crippen molar-refractivity contribution in [3.63, 3.8) is 0 Å². The second kappa shape index (κ2) is 6.21. The third-order valence-electron chi connectivity index (χ3n) is 3.72. The average Bonchev–Trinajstić information content (AvgIpc) is 3.07. The van der Waals surface area contributed by atoms with E-state index in [4.69, 9.17) is 4.42 Å². The first-order valence-electron chi connectivity index (χ1n) is 7.35. The van der Waals surface area contributed by atoms with E-state index < -0.39 is 21.8 Å². The van der Waals surface area contributed by atoms with Gasteiger partial charge < -0.3 is 4.42 Å². The van der Waals surface area contributed by atoms with E-state index in [1.54, 1.807) is 43.3 Å². The zero-order valence-corrected chi connectivity index (χ0v) is 13.8. The molecule has 1 N–H and O–H groups in total. The number of amides is 2. The lowest BCUT2D eigenvalue weighted by Gasteiger charge is -2.14. The number of aryl methyl sites for hydroxylation is 1. The molecule has 0 saturated heterocycles. The van der Waals surface area contributed by atoms with Gasteiger partial charge in [-0.05, 0) is 31.2 Å². The van der Waals surface area contributed by atoms with Crippen LogP contribution in [0.25, 0.3) is 0 Å². The van der Waals surface area contributed by atoms with Crippen molar-refractivity contribution in [2.75, 3.05) is 12.3 Å². The molecule has 0 unspecified atom stereocenters. The lowest BCUT2D eigenvalue weighted by Crippen LogP contribution is -2.37. The number of hydrogen-bond acceptors (Lipinski definition) is 5. The minimum absolute atomic E-state index is 0.0261. The number of carbonyl (C=O) groups is 2. The molecule has 1 aromatic carbocycles. The summed E-state index contributed by atoms with van der Waals surface area (Å²) in [5.74, 6) is -0.107.